The van der Waals surface area contributed by atoms with E-state index in [0.29, 0.717) is 11.1 Å². The summed E-state index contributed by atoms with van der Waals surface area (Å²) in [6.45, 7) is 4.82. The average molecular weight is 405 g/mol. The lowest BCUT2D eigenvalue weighted by molar-refractivity contribution is -0.122. The molecule has 2 aromatic carbocycles. The molecule has 1 saturated heterocycles. The number of hydrogen-bond acceptors (Lipinski definition) is 4. The monoisotopic (exact) mass is 405 g/mol. The number of nitrogens with zero attached hydrogens (tertiary/aromatic N) is 2. The molecule has 0 saturated carbocycles. The van der Waals surface area contributed by atoms with Gasteiger partial charge in [-0.3, -0.25) is 24.2 Å². The standard InChI is InChI=1S/C24H27N3O3/c1-17-7-8-20-21(15-17)24(30)27(23(20)29)14-11-22(28)25-19-9-12-26(13-10-19)16-18-5-3-2-4-6-18/h2-8,15,19H,9-14,16H2,1H3,(H,25,28). The summed E-state index contributed by atoms with van der Waals surface area (Å²) >= 11 is 0. The maximum atomic E-state index is 12.5. The Hall–Kier alpha value is -2.99. The van der Waals surface area contributed by atoms with Gasteiger partial charge >= 0.3 is 0 Å². The van der Waals surface area contributed by atoms with Gasteiger partial charge in [-0.15, -0.1) is 0 Å². The van der Waals surface area contributed by atoms with Gasteiger partial charge in [-0.1, -0.05) is 42.0 Å². The van der Waals surface area contributed by atoms with Crippen molar-refractivity contribution in [3.63, 3.8) is 0 Å². The van der Waals surface area contributed by atoms with Crippen LogP contribution >= 0.6 is 0 Å². The van der Waals surface area contributed by atoms with Crippen molar-refractivity contribution in [2.45, 2.75) is 38.8 Å². The summed E-state index contributed by atoms with van der Waals surface area (Å²) in [7, 11) is 0. The van der Waals surface area contributed by atoms with E-state index in [9.17, 15) is 14.4 Å². The van der Waals surface area contributed by atoms with Crippen molar-refractivity contribution >= 4 is 17.7 Å². The molecule has 6 heteroatoms. The van der Waals surface area contributed by atoms with Crippen LogP contribution in [0.1, 0.15) is 51.1 Å². The lowest BCUT2D eigenvalue weighted by Gasteiger charge is -2.32. The van der Waals surface area contributed by atoms with Crippen LogP contribution < -0.4 is 5.32 Å². The van der Waals surface area contributed by atoms with Crippen LogP contribution in [0.5, 0.6) is 0 Å². The van der Waals surface area contributed by atoms with Crippen LogP contribution in [-0.4, -0.2) is 53.2 Å². The molecule has 0 unspecified atom stereocenters. The highest BCUT2D eigenvalue weighted by molar-refractivity contribution is 6.21. The zero-order chi connectivity index (χ0) is 21.1. The molecular weight excluding hydrogens is 378 g/mol. The Morgan fingerprint density at radius 3 is 2.43 bits per heavy atom. The van der Waals surface area contributed by atoms with Crippen molar-refractivity contribution in [2.75, 3.05) is 19.6 Å². The molecule has 1 N–H and O–H groups in total. The van der Waals surface area contributed by atoms with Gasteiger partial charge in [0.25, 0.3) is 11.8 Å². The normalized spacial score (nSPS) is 17.3. The highest BCUT2D eigenvalue weighted by atomic mass is 16.2. The largest absolute Gasteiger partial charge is 0.353 e. The van der Waals surface area contributed by atoms with Crippen LogP contribution in [0.25, 0.3) is 0 Å². The first-order chi connectivity index (χ1) is 14.5. The first-order valence-electron chi connectivity index (χ1n) is 10.5. The van der Waals surface area contributed by atoms with Crippen molar-refractivity contribution in [2.24, 2.45) is 0 Å². The van der Waals surface area contributed by atoms with Crippen molar-refractivity contribution in [3.8, 4) is 0 Å². The van der Waals surface area contributed by atoms with Crippen molar-refractivity contribution in [1.82, 2.24) is 15.1 Å². The van der Waals surface area contributed by atoms with Gasteiger partial charge in [0, 0.05) is 38.6 Å². The minimum atomic E-state index is -0.308. The molecule has 0 bridgehead atoms. The summed E-state index contributed by atoms with van der Waals surface area (Å²) in [5, 5.41) is 3.07. The van der Waals surface area contributed by atoms with E-state index in [-0.39, 0.29) is 36.7 Å². The maximum Gasteiger partial charge on any atom is 0.261 e. The molecular formula is C24H27N3O3. The molecule has 156 valence electrons. The molecule has 0 aliphatic carbocycles. The van der Waals surface area contributed by atoms with Gasteiger partial charge in [-0.2, -0.15) is 0 Å². The Labute approximate surface area is 176 Å². The van der Waals surface area contributed by atoms with Gasteiger partial charge in [0.05, 0.1) is 11.1 Å². The predicted octanol–water partition coefficient (Wildman–Crippen LogP) is 2.76. The second-order valence-electron chi connectivity index (χ2n) is 8.16. The van der Waals surface area contributed by atoms with Gasteiger partial charge in [0.2, 0.25) is 5.91 Å². The molecule has 0 spiro atoms. The molecule has 30 heavy (non-hydrogen) atoms. The molecule has 2 heterocycles. The number of nitrogens with one attached hydrogen (secondary N) is 1. The van der Waals surface area contributed by atoms with Crippen LogP contribution in [0.2, 0.25) is 0 Å². The number of amides is 3. The third-order valence-corrected chi connectivity index (χ3v) is 5.89. The maximum absolute atomic E-state index is 12.5. The number of benzene rings is 2. The highest BCUT2D eigenvalue weighted by Crippen LogP contribution is 2.24. The lowest BCUT2D eigenvalue weighted by atomic mass is 10.0. The molecule has 3 amide bonds. The molecule has 2 aromatic rings. The second kappa shape index (κ2) is 8.79. The minimum Gasteiger partial charge on any atom is -0.353 e. The van der Waals surface area contributed by atoms with Crippen LogP contribution in [-0.2, 0) is 11.3 Å². The number of carbonyl (C=O) groups is 3. The van der Waals surface area contributed by atoms with E-state index in [1.165, 1.54) is 10.5 Å². The van der Waals surface area contributed by atoms with Gasteiger partial charge in [-0.25, -0.2) is 0 Å². The van der Waals surface area contributed by atoms with Gasteiger partial charge in [0.15, 0.2) is 0 Å². The van der Waals surface area contributed by atoms with Crippen LogP contribution in [0.15, 0.2) is 48.5 Å². The summed E-state index contributed by atoms with van der Waals surface area (Å²) in [5.41, 5.74) is 3.10. The molecule has 0 atom stereocenters. The lowest BCUT2D eigenvalue weighted by Crippen LogP contribution is -2.45. The molecule has 0 radical (unpaired) electrons. The molecule has 2 aliphatic heterocycles. The average Bonchev–Trinajstić information content (AvgIpc) is 2.98. The Morgan fingerprint density at radius 1 is 1.00 bits per heavy atom. The smallest absolute Gasteiger partial charge is 0.261 e. The third-order valence-electron chi connectivity index (χ3n) is 5.89. The molecule has 0 aromatic heterocycles. The zero-order valence-electron chi connectivity index (χ0n) is 17.3. The third kappa shape index (κ3) is 4.44. The fraction of sp³-hybridized carbons (Fsp3) is 0.375. The van der Waals surface area contributed by atoms with Crippen molar-refractivity contribution < 1.29 is 14.4 Å². The fourth-order valence-corrected chi connectivity index (χ4v) is 4.20. The molecule has 1 fully saturated rings. The summed E-state index contributed by atoms with van der Waals surface area (Å²) in [6, 6.07) is 15.8. The van der Waals surface area contributed by atoms with Crippen molar-refractivity contribution in [3.05, 3.63) is 70.8 Å². The van der Waals surface area contributed by atoms with E-state index in [1.807, 2.05) is 19.1 Å². The highest BCUT2D eigenvalue weighted by Gasteiger charge is 2.35. The molecule has 2 aliphatic rings. The van der Waals surface area contributed by atoms with Crippen LogP contribution in [0, 0.1) is 6.92 Å². The number of carbonyl (C=O) groups excluding carboxylic acids is 3. The van der Waals surface area contributed by atoms with E-state index in [0.717, 1.165) is 38.0 Å². The van der Waals surface area contributed by atoms with E-state index in [4.69, 9.17) is 0 Å². The van der Waals surface area contributed by atoms with Gasteiger partial charge in [-0.05, 0) is 37.5 Å². The Bertz CT molecular complexity index is 949. The van der Waals surface area contributed by atoms with Gasteiger partial charge in [0.1, 0.15) is 0 Å². The topological polar surface area (TPSA) is 69.7 Å². The van der Waals surface area contributed by atoms with E-state index < -0.39 is 0 Å². The Balaban J connectivity index is 1.22. The van der Waals surface area contributed by atoms with Crippen LogP contribution in [0.3, 0.4) is 0 Å². The summed E-state index contributed by atoms with van der Waals surface area (Å²) in [6.07, 6.45) is 1.95. The predicted molar refractivity (Wildman–Crippen MR) is 114 cm³/mol. The van der Waals surface area contributed by atoms with Crippen LogP contribution in [0.4, 0.5) is 0 Å². The first kappa shape index (κ1) is 20.3. The van der Waals surface area contributed by atoms with Gasteiger partial charge < -0.3 is 5.32 Å². The second-order valence-corrected chi connectivity index (χ2v) is 8.16. The van der Waals surface area contributed by atoms with E-state index in [1.54, 1.807) is 12.1 Å². The number of fused-ring (bicyclic) bond motifs is 1. The minimum absolute atomic E-state index is 0.107. The number of aryl methyl sites for hydroxylation is 1. The Kier molecular flexibility index (Phi) is 5.95. The SMILES string of the molecule is Cc1ccc2c(c1)C(=O)N(CCC(=O)NC1CCN(Cc3ccccc3)CC1)C2=O. The molecule has 6 nitrogen and oxygen atoms in total. The summed E-state index contributed by atoms with van der Waals surface area (Å²) in [4.78, 5) is 41.0. The zero-order valence-corrected chi connectivity index (χ0v) is 17.3. The van der Waals surface area contributed by atoms with E-state index in [2.05, 4.69) is 34.5 Å². The number of rotatable bonds is 6. The summed E-state index contributed by atoms with van der Waals surface area (Å²) in [5.74, 6) is -0.720. The number of likely N-dealkylation sites (tertiary alicyclic amines) is 1. The molecule has 4 rings (SSSR count). The first-order valence-corrected chi connectivity index (χ1v) is 10.5. The number of piperidine rings is 1. The number of imide groups is 1. The Morgan fingerprint density at radius 2 is 1.70 bits per heavy atom. The number of hydrogen-bond donors (Lipinski definition) is 1. The summed E-state index contributed by atoms with van der Waals surface area (Å²) < 4.78 is 0. The van der Waals surface area contributed by atoms with E-state index >= 15 is 0 Å². The quantitative estimate of drug-likeness (QED) is 0.751. The van der Waals surface area contributed by atoms with Crippen molar-refractivity contribution in [1.29, 1.82) is 0 Å². The fourth-order valence-electron chi connectivity index (χ4n) is 4.20.